The summed E-state index contributed by atoms with van der Waals surface area (Å²) in [4.78, 5) is 0. The van der Waals surface area contributed by atoms with Crippen molar-refractivity contribution in [3.8, 4) is 5.75 Å². The van der Waals surface area contributed by atoms with Gasteiger partial charge in [0, 0.05) is 6.04 Å². The Bertz CT molecular complexity index is 460. The molecule has 1 rings (SSSR count). The normalized spacial score (nSPS) is 14.8. The van der Waals surface area contributed by atoms with Gasteiger partial charge in [0.05, 0.1) is 0 Å². The van der Waals surface area contributed by atoms with E-state index >= 15 is 0 Å². The molecule has 0 aliphatic rings. The minimum atomic E-state index is 0.0320. The van der Waals surface area contributed by atoms with E-state index in [9.17, 15) is 0 Å². The van der Waals surface area contributed by atoms with Crippen LogP contribution in [0.2, 0.25) is 0 Å². The summed E-state index contributed by atoms with van der Waals surface area (Å²) in [5.41, 5.74) is 8.05. The Hall–Kier alpha value is -1.02. The highest BCUT2D eigenvalue weighted by Crippen LogP contribution is 2.36. The molecule has 2 nitrogen and oxygen atoms in total. The van der Waals surface area contributed by atoms with Crippen LogP contribution in [0.3, 0.4) is 0 Å². The molecule has 0 fully saturated rings. The topological polar surface area (TPSA) is 35.2 Å². The summed E-state index contributed by atoms with van der Waals surface area (Å²) in [6.45, 7) is 18.5. The first-order valence-corrected chi connectivity index (χ1v) is 8.30. The van der Waals surface area contributed by atoms with E-state index < -0.39 is 0 Å². The van der Waals surface area contributed by atoms with Gasteiger partial charge in [0.2, 0.25) is 0 Å². The predicted octanol–water partition coefficient (Wildman–Crippen LogP) is 5.15. The molecule has 1 unspecified atom stereocenters. The highest BCUT2D eigenvalue weighted by Gasteiger charge is 2.27. The molecule has 0 saturated heterocycles. The van der Waals surface area contributed by atoms with Crippen LogP contribution in [0.25, 0.3) is 0 Å². The fraction of sp³-hybridized carbons (Fsp3) is 0.700. The largest absolute Gasteiger partial charge is 0.492 e. The molecule has 0 saturated carbocycles. The first-order valence-electron chi connectivity index (χ1n) is 8.30. The molecule has 0 aromatic heterocycles. The lowest BCUT2D eigenvalue weighted by Crippen LogP contribution is -2.40. The molecule has 0 bridgehead atoms. The molecule has 22 heavy (non-hydrogen) atoms. The van der Waals surface area contributed by atoms with Crippen molar-refractivity contribution in [1.29, 1.82) is 0 Å². The number of nitrogens with two attached hydrogens (primary N) is 1. The third kappa shape index (κ3) is 6.00. The number of rotatable bonds is 5. The van der Waals surface area contributed by atoms with Gasteiger partial charge in [-0.15, -0.1) is 0 Å². The van der Waals surface area contributed by atoms with Crippen LogP contribution in [0.15, 0.2) is 24.3 Å². The summed E-state index contributed by atoms with van der Waals surface area (Å²) in [7, 11) is 0. The number of ether oxygens (including phenoxy) is 1. The van der Waals surface area contributed by atoms with Crippen molar-refractivity contribution in [2.24, 2.45) is 16.6 Å². The summed E-state index contributed by atoms with van der Waals surface area (Å²) in [5.74, 6) is 0.898. The molecule has 0 heterocycles. The monoisotopic (exact) mass is 305 g/mol. The highest BCUT2D eigenvalue weighted by molar-refractivity contribution is 5.31. The Labute approximate surface area is 137 Å². The summed E-state index contributed by atoms with van der Waals surface area (Å²) in [5, 5.41) is 0. The fourth-order valence-electron chi connectivity index (χ4n) is 2.87. The first-order chi connectivity index (χ1) is 9.81. The van der Waals surface area contributed by atoms with E-state index in [1.165, 1.54) is 5.56 Å². The molecule has 1 aromatic rings. The van der Waals surface area contributed by atoms with E-state index in [0.29, 0.717) is 12.0 Å². The van der Waals surface area contributed by atoms with Gasteiger partial charge in [0.1, 0.15) is 12.4 Å². The SMILES string of the molecule is CC(C)(C)CC(C)(C)c1ccc(OCC(N)C(C)(C)C)cc1. The van der Waals surface area contributed by atoms with Crippen molar-refractivity contribution in [3.63, 3.8) is 0 Å². The molecule has 0 spiro atoms. The molecule has 1 aromatic carbocycles. The Kier molecular flexibility index (Phi) is 5.72. The van der Waals surface area contributed by atoms with Gasteiger partial charge >= 0.3 is 0 Å². The highest BCUT2D eigenvalue weighted by atomic mass is 16.5. The molecule has 0 amide bonds. The molecule has 126 valence electrons. The summed E-state index contributed by atoms with van der Waals surface area (Å²) >= 11 is 0. The van der Waals surface area contributed by atoms with Crippen molar-refractivity contribution >= 4 is 0 Å². The summed E-state index contributed by atoms with van der Waals surface area (Å²) in [6.07, 6.45) is 1.15. The van der Waals surface area contributed by atoms with E-state index in [0.717, 1.165) is 12.2 Å². The maximum Gasteiger partial charge on any atom is 0.119 e. The van der Waals surface area contributed by atoms with E-state index in [-0.39, 0.29) is 16.9 Å². The lowest BCUT2D eigenvalue weighted by molar-refractivity contribution is 0.205. The Morgan fingerprint density at radius 1 is 0.909 bits per heavy atom. The molecular formula is C20H35NO. The van der Waals surface area contributed by atoms with E-state index in [2.05, 4.69) is 79.7 Å². The van der Waals surface area contributed by atoms with Gasteiger partial charge in [-0.25, -0.2) is 0 Å². The second kappa shape index (κ2) is 6.62. The lowest BCUT2D eigenvalue weighted by Gasteiger charge is -2.33. The maximum atomic E-state index is 6.14. The van der Waals surface area contributed by atoms with Gasteiger partial charge in [-0.05, 0) is 40.4 Å². The standard InChI is InChI=1S/C20H35NO/c1-18(2,3)14-20(7,8)15-9-11-16(12-10-15)22-13-17(21)19(4,5)6/h9-12,17H,13-14,21H2,1-8H3. The molecule has 0 aliphatic heterocycles. The minimum absolute atomic E-state index is 0.0320. The summed E-state index contributed by atoms with van der Waals surface area (Å²) < 4.78 is 5.84. The Morgan fingerprint density at radius 3 is 1.82 bits per heavy atom. The van der Waals surface area contributed by atoms with Crippen molar-refractivity contribution in [3.05, 3.63) is 29.8 Å². The number of benzene rings is 1. The van der Waals surface area contributed by atoms with Crippen LogP contribution in [-0.4, -0.2) is 12.6 Å². The van der Waals surface area contributed by atoms with Gasteiger partial charge in [0.15, 0.2) is 0 Å². The van der Waals surface area contributed by atoms with E-state index in [4.69, 9.17) is 10.5 Å². The molecule has 0 aliphatic carbocycles. The van der Waals surface area contributed by atoms with E-state index in [1.807, 2.05) is 0 Å². The third-order valence-electron chi connectivity index (χ3n) is 4.15. The zero-order chi connectivity index (χ0) is 17.2. The minimum Gasteiger partial charge on any atom is -0.492 e. The van der Waals surface area contributed by atoms with Crippen LogP contribution < -0.4 is 10.5 Å². The number of hydrogen-bond acceptors (Lipinski definition) is 2. The predicted molar refractivity (Wildman–Crippen MR) is 96.5 cm³/mol. The summed E-state index contributed by atoms with van der Waals surface area (Å²) in [6, 6.07) is 8.53. The van der Waals surface area contributed by atoms with Gasteiger partial charge in [-0.3, -0.25) is 0 Å². The molecular weight excluding hydrogens is 270 g/mol. The molecule has 2 N–H and O–H groups in total. The van der Waals surface area contributed by atoms with Crippen molar-refractivity contribution in [2.45, 2.75) is 73.3 Å². The van der Waals surface area contributed by atoms with Gasteiger partial charge in [-0.2, -0.15) is 0 Å². The maximum absolute atomic E-state index is 6.14. The second-order valence-corrected chi connectivity index (χ2v) is 9.43. The third-order valence-corrected chi connectivity index (χ3v) is 4.15. The zero-order valence-electron chi connectivity index (χ0n) is 15.8. The van der Waals surface area contributed by atoms with Gasteiger partial charge in [-0.1, -0.05) is 67.5 Å². The van der Waals surface area contributed by atoms with Crippen LogP contribution in [0.1, 0.15) is 67.4 Å². The quantitative estimate of drug-likeness (QED) is 0.816. The smallest absolute Gasteiger partial charge is 0.119 e. The van der Waals surface area contributed by atoms with Crippen LogP contribution >= 0.6 is 0 Å². The Morgan fingerprint density at radius 2 is 1.41 bits per heavy atom. The van der Waals surface area contributed by atoms with Crippen LogP contribution in [0.4, 0.5) is 0 Å². The lowest BCUT2D eigenvalue weighted by atomic mass is 9.72. The first kappa shape index (κ1) is 19.0. The average molecular weight is 306 g/mol. The van der Waals surface area contributed by atoms with Crippen LogP contribution in [0, 0.1) is 10.8 Å². The Balaban J connectivity index is 2.71. The average Bonchev–Trinajstić information content (AvgIpc) is 2.32. The molecule has 2 heteroatoms. The molecule has 1 atom stereocenters. The van der Waals surface area contributed by atoms with Crippen LogP contribution in [-0.2, 0) is 5.41 Å². The zero-order valence-corrected chi connectivity index (χ0v) is 15.8. The van der Waals surface area contributed by atoms with Crippen molar-refractivity contribution in [1.82, 2.24) is 0 Å². The fourth-order valence-corrected chi connectivity index (χ4v) is 2.87. The van der Waals surface area contributed by atoms with Gasteiger partial charge in [0.25, 0.3) is 0 Å². The number of hydrogen-bond donors (Lipinski definition) is 1. The van der Waals surface area contributed by atoms with Crippen molar-refractivity contribution < 1.29 is 4.74 Å². The van der Waals surface area contributed by atoms with Gasteiger partial charge < -0.3 is 10.5 Å². The second-order valence-electron chi connectivity index (χ2n) is 9.43. The van der Waals surface area contributed by atoms with Crippen LogP contribution in [0.5, 0.6) is 5.75 Å². The van der Waals surface area contributed by atoms with Crippen molar-refractivity contribution in [2.75, 3.05) is 6.61 Å². The molecule has 0 radical (unpaired) electrons. The van der Waals surface area contributed by atoms with E-state index in [1.54, 1.807) is 0 Å².